The second-order valence-corrected chi connectivity index (χ2v) is 13.4. The molecule has 5 unspecified atom stereocenters. The number of piperidine rings is 1. The molecule has 5 aliphatic carbocycles. The molecule has 0 radical (unpaired) electrons. The number of aliphatic hydroxyl groups excluding tert-OH is 1. The van der Waals surface area contributed by atoms with E-state index >= 15 is 0 Å². The van der Waals surface area contributed by atoms with Crippen molar-refractivity contribution in [3.05, 3.63) is 35.9 Å². The fourth-order valence-electron chi connectivity index (χ4n) is 11.6. The maximum absolute atomic E-state index is 14.4. The first kappa shape index (κ1) is 27.9. The number of ether oxygens (including phenoxy) is 5. The average molecular weight is 572 g/mol. The maximum atomic E-state index is 14.4. The largest absolute Gasteiger partial charge is 0.455 e. The summed E-state index contributed by atoms with van der Waals surface area (Å²) in [6.07, 6.45) is -2.91. The maximum Gasteiger partial charge on any atom is 0.338 e. The van der Waals surface area contributed by atoms with Gasteiger partial charge in [-0.15, -0.1) is 0 Å². The SMILES string of the molecule is COC[C@@]12CN(C)C3C4[C@H]5C(=O)[C@H](OC)C6(O)CC([C@@H]5[C@H]6OC(=O)c5ccccc5)C3([C@@H](OC)C[C@H]1O)[C@@H]2[C@H]4OC. The minimum atomic E-state index is -1.70. The van der Waals surface area contributed by atoms with Gasteiger partial charge in [-0.2, -0.15) is 0 Å². The highest BCUT2D eigenvalue weighted by molar-refractivity contribution is 5.92. The lowest BCUT2D eigenvalue weighted by Gasteiger charge is -2.68. The Morgan fingerprint density at radius 1 is 1.07 bits per heavy atom. The number of rotatable bonds is 7. The van der Waals surface area contributed by atoms with Crippen molar-refractivity contribution in [2.45, 2.75) is 55.0 Å². The van der Waals surface area contributed by atoms with Crippen LogP contribution in [-0.4, -0.2) is 118 Å². The van der Waals surface area contributed by atoms with Crippen LogP contribution in [0.3, 0.4) is 0 Å². The number of ketones is 1. The van der Waals surface area contributed by atoms with E-state index in [1.54, 1.807) is 45.6 Å². The number of fused-ring (bicyclic) bond motifs is 2. The number of methoxy groups -OCH3 is 4. The van der Waals surface area contributed by atoms with Gasteiger partial charge in [-0.25, -0.2) is 4.79 Å². The summed E-state index contributed by atoms with van der Waals surface area (Å²) in [5.74, 6) is -2.44. The van der Waals surface area contributed by atoms with Gasteiger partial charge in [0.25, 0.3) is 0 Å². The lowest BCUT2D eigenvalue weighted by atomic mass is 9.43. The first-order valence-corrected chi connectivity index (χ1v) is 14.6. The lowest BCUT2D eigenvalue weighted by Crippen LogP contribution is -2.76. The molecule has 1 aromatic rings. The zero-order valence-electron chi connectivity index (χ0n) is 24.3. The molecule has 10 nitrogen and oxygen atoms in total. The third-order valence-electron chi connectivity index (χ3n) is 12.2. The molecule has 7 bridgehead atoms. The van der Waals surface area contributed by atoms with Crippen molar-refractivity contribution in [2.24, 2.45) is 40.4 Å². The molecule has 224 valence electrons. The summed E-state index contributed by atoms with van der Waals surface area (Å²) >= 11 is 0. The number of esters is 1. The number of benzene rings is 1. The topological polar surface area (TPSA) is 124 Å². The van der Waals surface area contributed by atoms with Crippen LogP contribution in [0.5, 0.6) is 0 Å². The highest BCUT2D eigenvalue weighted by Crippen LogP contribution is 2.78. The van der Waals surface area contributed by atoms with E-state index in [0.29, 0.717) is 25.1 Å². The van der Waals surface area contributed by atoms with Crippen LogP contribution in [-0.2, 0) is 28.5 Å². The van der Waals surface area contributed by atoms with E-state index in [9.17, 15) is 19.8 Å². The zero-order valence-corrected chi connectivity index (χ0v) is 24.3. The molecule has 6 fully saturated rings. The van der Waals surface area contributed by atoms with Gasteiger partial charge in [-0.1, -0.05) is 18.2 Å². The van der Waals surface area contributed by atoms with Crippen LogP contribution in [0.2, 0.25) is 0 Å². The number of nitrogens with zero attached hydrogens (tertiary/aromatic N) is 1. The number of likely N-dealkylation sites (tertiary alicyclic amines) is 1. The molecule has 1 heterocycles. The molecule has 1 aliphatic heterocycles. The molecular weight excluding hydrogens is 530 g/mol. The Labute approximate surface area is 240 Å². The first-order valence-electron chi connectivity index (χ1n) is 14.6. The van der Waals surface area contributed by atoms with Gasteiger partial charge in [0.1, 0.15) is 17.8 Å². The normalized spacial score (nSPS) is 51.1. The van der Waals surface area contributed by atoms with Crippen LogP contribution in [0.25, 0.3) is 0 Å². The molecule has 41 heavy (non-hydrogen) atoms. The van der Waals surface area contributed by atoms with Crippen molar-refractivity contribution in [3.63, 3.8) is 0 Å². The fourth-order valence-corrected chi connectivity index (χ4v) is 11.6. The molecule has 2 N–H and O–H groups in total. The molecule has 1 spiro atoms. The van der Waals surface area contributed by atoms with E-state index in [0.717, 1.165) is 0 Å². The molecule has 1 aromatic carbocycles. The molecule has 10 heteroatoms. The van der Waals surface area contributed by atoms with Gasteiger partial charge < -0.3 is 38.8 Å². The molecule has 7 rings (SSSR count). The smallest absolute Gasteiger partial charge is 0.338 e. The Morgan fingerprint density at radius 2 is 1.80 bits per heavy atom. The summed E-state index contributed by atoms with van der Waals surface area (Å²) in [5, 5.41) is 24.2. The molecule has 1 saturated heterocycles. The standard InChI is InChI=1S/C31H41NO9/c1-32-13-29(14-37-2)17(33)11-18(38-3)31-16-12-30(36)26(41-28(35)15-9-7-6-8-10-15)19(16)20(22(34)27(30)40-5)21(25(31)32)23(39-4)24(29)31/h6-10,16-21,23-27,33,36H,11-14H2,1-5H3/t16?,17-,18+,19+,20+,21?,23+,24-,25?,26-,27+,29+,30?,31?/m1/s1. The predicted octanol–water partition coefficient (Wildman–Crippen LogP) is 0.781. The summed E-state index contributed by atoms with van der Waals surface area (Å²) < 4.78 is 30.5. The van der Waals surface area contributed by atoms with E-state index in [1.165, 1.54) is 7.11 Å². The van der Waals surface area contributed by atoms with Crippen LogP contribution >= 0.6 is 0 Å². The minimum absolute atomic E-state index is 0.0986. The fraction of sp³-hybridized carbons (Fsp3) is 0.742. The van der Waals surface area contributed by atoms with E-state index in [4.69, 9.17) is 23.7 Å². The van der Waals surface area contributed by atoms with Crippen LogP contribution in [0, 0.1) is 40.4 Å². The third kappa shape index (κ3) is 3.12. The Morgan fingerprint density at radius 3 is 2.44 bits per heavy atom. The number of aliphatic hydroxyl groups is 2. The van der Waals surface area contributed by atoms with Gasteiger partial charge >= 0.3 is 5.97 Å². The number of hydrogen-bond acceptors (Lipinski definition) is 10. The monoisotopic (exact) mass is 571 g/mol. The van der Waals surface area contributed by atoms with E-state index in [1.807, 2.05) is 6.07 Å². The van der Waals surface area contributed by atoms with Crippen LogP contribution < -0.4 is 0 Å². The second-order valence-electron chi connectivity index (χ2n) is 13.4. The quantitative estimate of drug-likeness (QED) is 0.454. The van der Waals surface area contributed by atoms with Crippen LogP contribution in [0.1, 0.15) is 23.2 Å². The molecule has 6 aliphatic rings. The molecule has 14 atom stereocenters. The molecule has 0 aromatic heterocycles. The average Bonchev–Trinajstić information content (AvgIpc) is 3.32. The lowest BCUT2D eigenvalue weighted by molar-refractivity contribution is -0.277. The molecule has 0 amide bonds. The van der Waals surface area contributed by atoms with Gasteiger partial charge in [-0.05, 0) is 31.5 Å². The second kappa shape index (κ2) is 9.29. The van der Waals surface area contributed by atoms with Crippen LogP contribution in [0.4, 0.5) is 0 Å². The summed E-state index contributed by atoms with van der Waals surface area (Å²) in [6, 6.07) is 8.62. The summed E-state index contributed by atoms with van der Waals surface area (Å²) in [5.41, 5.74) is -2.57. The van der Waals surface area contributed by atoms with Crippen molar-refractivity contribution >= 4 is 11.8 Å². The number of hydrogen-bond donors (Lipinski definition) is 2. The Kier molecular flexibility index (Phi) is 6.32. The Bertz CT molecular complexity index is 1230. The number of carbonyl (C=O) groups excluding carboxylic acids is 2. The minimum Gasteiger partial charge on any atom is -0.455 e. The van der Waals surface area contributed by atoms with Crippen molar-refractivity contribution in [1.29, 1.82) is 0 Å². The number of Topliss-reactive ketones (excluding diaryl/α,β-unsaturated/α-hetero) is 1. The predicted molar refractivity (Wildman–Crippen MR) is 144 cm³/mol. The first-order chi connectivity index (χ1) is 19.7. The van der Waals surface area contributed by atoms with Gasteiger partial charge in [0.05, 0.1) is 30.5 Å². The summed E-state index contributed by atoms with van der Waals surface area (Å²) in [7, 11) is 8.50. The van der Waals surface area contributed by atoms with Gasteiger partial charge in [-0.3, -0.25) is 4.79 Å². The van der Waals surface area contributed by atoms with Gasteiger partial charge in [0, 0.05) is 81.9 Å². The third-order valence-corrected chi connectivity index (χ3v) is 12.2. The Balaban J connectivity index is 1.44. The van der Waals surface area contributed by atoms with E-state index in [2.05, 4.69) is 11.9 Å². The van der Waals surface area contributed by atoms with Crippen LogP contribution in [0.15, 0.2) is 30.3 Å². The van der Waals surface area contributed by atoms with Crippen molar-refractivity contribution in [2.75, 3.05) is 48.6 Å². The van der Waals surface area contributed by atoms with Gasteiger partial charge in [0.15, 0.2) is 5.78 Å². The van der Waals surface area contributed by atoms with E-state index in [-0.39, 0.29) is 48.2 Å². The van der Waals surface area contributed by atoms with Gasteiger partial charge in [0.2, 0.25) is 0 Å². The zero-order chi connectivity index (χ0) is 29.1. The van der Waals surface area contributed by atoms with Crippen molar-refractivity contribution in [1.82, 2.24) is 4.90 Å². The van der Waals surface area contributed by atoms with E-state index < -0.39 is 52.5 Å². The number of carbonyl (C=O) groups is 2. The highest BCUT2D eigenvalue weighted by Gasteiger charge is 2.87. The highest BCUT2D eigenvalue weighted by atomic mass is 16.6. The molecular formula is C31H41NO9. The Hall–Kier alpha value is -1.92. The summed E-state index contributed by atoms with van der Waals surface area (Å²) in [6.45, 7) is 0.919. The molecule has 5 saturated carbocycles. The summed E-state index contributed by atoms with van der Waals surface area (Å²) in [4.78, 5) is 30.1. The van der Waals surface area contributed by atoms with Crippen molar-refractivity contribution < 1.29 is 43.5 Å². The van der Waals surface area contributed by atoms with Crippen molar-refractivity contribution in [3.8, 4) is 0 Å².